The van der Waals surface area contributed by atoms with Gasteiger partial charge in [0, 0.05) is 19.1 Å². The van der Waals surface area contributed by atoms with Crippen LogP contribution in [0, 0.1) is 0 Å². The van der Waals surface area contributed by atoms with Crippen LogP contribution in [0.2, 0.25) is 0 Å². The molecule has 0 saturated carbocycles. The molecule has 1 aliphatic rings. The van der Waals surface area contributed by atoms with E-state index < -0.39 is 0 Å². The Balaban J connectivity index is 0.00000180. The molecule has 1 aliphatic heterocycles. The summed E-state index contributed by atoms with van der Waals surface area (Å²) in [6, 6.07) is 8.01. The molecule has 0 radical (unpaired) electrons. The van der Waals surface area contributed by atoms with Crippen molar-refractivity contribution in [1.82, 2.24) is 4.90 Å². The number of benzene rings is 1. The summed E-state index contributed by atoms with van der Waals surface area (Å²) in [5.41, 5.74) is 5.94. The zero-order valence-electron chi connectivity index (χ0n) is 11.4. The number of hydrogen-bond acceptors (Lipinski definition) is 4. The summed E-state index contributed by atoms with van der Waals surface area (Å²) >= 11 is 0. The maximum atomic E-state index is 5.94. The highest BCUT2D eigenvalue weighted by molar-refractivity contribution is 5.85. The quantitative estimate of drug-likeness (QED) is 0.898. The molecule has 1 heterocycles. The Kier molecular flexibility index (Phi) is 6.99. The fourth-order valence-corrected chi connectivity index (χ4v) is 2.26. The molecule has 0 bridgehead atoms. The number of ether oxygens (including phenoxy) is 2. The van der Waals surface area contributed by atoms with Gasteiger partial charge in [0.1, 0.15) is 18.1 Å². The van der Waals surface area contributed by atoms with Crippen LogP contribution >= 0.6 is 12.4 Å². The largest absolute Gasteiger partial charge is 0.497 e. The summed E-state index contributed by atoms with van der Waals surface area (Å²) in [4.78, 5) is 2.37. The lowest BCUT2D eigenvalue weighted by molar-refractivity contribution is 0.171. The van der Waals surface area contributed by atoms with Crippen molar-refractivity contribution in [2.24, 2.45) is 5.73 Å². The number of piperidine rings is 1. The number of nitrogens with zero attached hydrogens (tertiary/aromatic N) is 1. The van der Waals surface area contributed by atoms with Gasteiger partial charge in [0.2, 0.25) is 0 Å². The first kappa shape index (κ1) is 16.1. The van der Waals surface area contributed by atoms with E-state index in [1.165, 1.54) is 6.42 Å². The Hall–Kier alpha value is -0.970. The summed E-state index contributed by atoms with van der Waals surface area (Å²) in [7, 11) is 1.66. The monoisotopic (exact) mass is 286 g/mol. The van der Waals surface area contributed by atoms with Crippen molar-refractivity contribution >= 4 is 12.4 Å². The molecular weight excluding hydrogens is 264 g/mol. The van der Waals surface area contributed by atoms with Crippen molar-refractivity contribution in [2.45, 2.75) is 18.9 Å². The minimum absolute atomic E-state index is 0. The molecular formula is C14H23ClN2O2. The molecule has 2 rings (SSSR count). The van der Waals surface area contributed by atoms with Gasteiger partial charge in [-0.05, 0) is 43.7 Å². The molecule has 2 N–H and O–H groups in total. The molecule has 0 aliphatic carbocycles. The van der Waals surface area contributed by atoms with Gasteiger partial charge < -0.3 is 15.2 Å². The van der Waals surface area contributed by atoms with E-state index in [9.17, 15) is 0 Å². The molecule has 4 nitrogen and oxygen atoms in total. The molecule has 1 fully saturated rings. The van der Waals surface area contributed by atoms with Crippen LogP contribution in [0.1, 0.15) is 12.8 Å². The van der Waals surface area contributed by atoms with E-state index in [0.717, 1.165) is 37.6 Å². The number of rotatable bonds is 5. The molecule has 5 heteroatoms. The SMILES string of the molecule is COc1ccc(OCCN2CCC[C@@H](N)C2)cc1.Cl. The lowest BCUT2D eigenvalue weighted by atomic mass is 10.1. The second-order valence-electron chi connectivity index (χ2n) is 4.73. The number of hydrogen-bond donors (Lipinski definition) is 1. The van der Waals surface area contributed by atoms with E-state index in [-0.39, 0.29) is 12.4 Å². The van der Waals surface area contributed by atoms with Crippen LogP contribution in [0.5, 0.6) is 11.5 Å². The molecule has 0 aromatic heterocycles. The first-order valence-electron chi connectivity index (χ1n) is 6.53. The van der Waals surface area contributed by atoms with Gasteiger partial charge in [-0.1, -0.05) is 0 Å². The van der Waals surface area contributed by atoms with Gasteiger partial charge in [-0.15, -0.1) is 12.4 Å². The summed E-state index contributed by atoms with van der Waals surface area (Å²) in [5, 5.41) is 0. The Morgan fingerprint density at radius 3 is 2.58 bits per heavy atom. The zero-order chi connectivity index (χ0) is 12.8. The van der Waals surface area contributed by atoms with Gasteiger partial charge in [-0.3, -0.25) is 4.90 Å². The third kappa shape index (κ3) is 5.27. The smallest absolute Gasteiger partial charge is 0.119 e. The van der Waals surface area contributed by atoms with Crippen molar-refractivity contribution in [3.05, 3.63) is 24.3 Å². The number of nitrogens with two attached hydrogens (primary N) is 1. The minimum Gasteiger partial charge on any atom is -0.497 e. The van der Waals surface area contributed by atoms with Crippen LogP contribution in [0.15, 0.2) is 24.3 Å². The van der Waals surface area contributed by atoms with E-state index in [0.29, 0.717) is 12.6 Å². The van der Waals surface area contributed by atoms with E-state index in [2.05, 4.69) is 4.90 Å². The van der Waals surface area contributed by atoms with Crippen LogP contribution < -0.4 is 15.2 Å². The Morgan fingerprint density at radius 2 is 1.95 bits per heavy atom. The summed E-state index contributed by atoms with van der Waals surface area (Å²) < 4.78 is 10.8. The number of likely N-dealkylation sites (tertiary alicyclic amines) is 1. The van der Waals surface area contributed by atoms with Crippen molar-refractivity contribution in [3.63, 3.8) is 0 Å². The average molecular weight is 287 g/mol. The molecule has 1 saturated heterocycles. The minimum atomic E-state index is 0. The molecule has 0 amide bonds. The van der Waals surface area contributed by atoms with Gasteiger partial charge >= 0.3 is 0 Å². The number of halogens is 1. The number of methoxy groups -OCH3 is 1. The maximum absolute atomic E-state index is 5.94. The Labute approximate surface area is 121 Å². The van der Waals surface area contributed by atoms with Crippen molar-refractivity contribution in [3.8, 4) is 11.5 Å². The summed E-state index contributed by atoms with van der Waals surface area (Å²) in [5.74, 6) is 1.74. The topological polar surface area (TPSA) is 47.7 Å². The first-order chi connectivity index (χ1) is 8.78. The molecule has 1 aromatic carbocycles. The van der Waals surface area contributed by atoms with Gasteiger partial charge in [0.25, 0.3) is 0 Å². The van der Waals surface area contributed by atoms with E-state index >= 15 is 0 Å². The highest BCUT2D eigenvalue weighted by Crippen LogP contribution is 2.17. The summed E-state index contributed by atoms with van der Waals surface area (Å²) in [6.07, 6.45) is 2.35. The van der Waals surface area contributed by atoms with E-state index in [4.69, 9.17) is 15.2 Å². The van der Waals surface area contributed by atoms with E-state index in [1.807, 2.05) is 24.3 Å². The predicted octanol–water partition coefficient (Wildman–Crippen LogP) is 1.92. The first-order valence-corrected chi connectivity index (χ1v) is 6.53. The van der Waals surface area contributed by atoms with Crippen molar-refractivity contribution < 1.29 is 9.47 Å². The highest BCUT2D eigenvalue weighted by atomic mass is 35.5. The van der Waals surface area contributed by atoms with Crippen LogP contribution in [0.4, 0.5) is 0 Å². The maximum Gasteiger partial charge on any atom is 0.119 e. The average Bonchev–Trinajstić information content (AvgIpc) is 2.40. The van der Waals surface area contributed by atoms with Crippen LogP contribution in [-0.4, -0.2) is 44.3 Å². The standard InChI is InChI=1S/C14H22N2O2.ClH/c1-17-13-4-6-14(7-5-13)18-10-9-16-8-2-3-12(15)11-16;/h4-7,12H,2-3,8-11,15H2,1H3;1H/t12-;/m1./s1. The molecule has 0 spiro atoms. The lowest BCUT2D eigenvalue weighted by Gasteiger charge is -2.30. The molecule has 0 unspecified atom stereocenters. The Bertz CT molecular complexity index is 359. The Morgan fingerprint density at radius 1 is 1.26 bits per heavy atom. The zero-order valence-corrected chi connectivity index (χ0v) is 12.2. The normalized spacial score (nSPS) is 19.6. The van der Waals surface area contributed by atoms with Gasteiger partial charge in [-0.2, -0.15) is 0 Å². The predicted molar refractivity (Wildman–Crippen MR) is 79.4 cm³/mol. The lowest BCUT2D eigenvalue weighted by Crippen LogP contribution is -2.44. The van der Waals surface area contributed by atoms with E-state index in [1.54, 1.807) is 7.11 Å². The third-order valence-electron chi connectivity index (χ3n) is 3.28. The highest BCUT2D eigenvalue weighted by Gasteiger charge is 2.15. The van der Waals surface area contributed by atoms with Crippen molar-refractivity contribution in [1.29, 1.82) is 0 Å². The fourth-order valence-electron chi connectivity index (χ4n) is 2.26. The van der Waals surface area contributed by atoms with Crippen LogP contribution in [0.25, 0.3) is 0 Å². The van der Waals surface area contributed by atoms with Crippen LogP contribution in [-0.2, 0) is 0 Å². The van der Waals surface area contributed by atoms with Gasteiger partial charge in [-0.25, -0.2) is 0 Å². The van der Waals surface area contributed by atoms with Gasteiger partial charge in [0.15, 0.2) is 0 Å². The molecule has 1 atom stereocenters. The summed E-state index contributed by atoms with van der Waals surface area (Å²) in [6.45, 7) is 3.78. The van der Waals surface area contributed by atoms with Gasteiger partial charge in [0.05, 0.1) is 7.11 Å². The molecule has 19 heavy (non-hydrogen) atoms. The second-order valence-corrected chi connectivity index (χ2v) is 4.73. The fraction of sp³-hybridized carbons (Fsp3) is 0.571. The second kappa shape index (κ2) is 8.25. The molecule has 1 aromatic rings. The third-order valence-corrected chi connectivity index (χ3v) is 3.28. The van der Waals surface area contributed by atoms with Crippen LogP contribution in [0.3, 0.4) is 0 Å². The molecule has 108 valence electrons. The van der Waals surface area contributed by atoms with Crippen molar-refractivity contribution in [2.75, 3.05) is 33.4 Å².